The molecule has 2 rings (SSSR count). The molecule has 0 atom stereocenters. The molecule has 108 valence electrons. The van der Waals surface area contributed by atoms with Crippen LogP contribution >= 0.6 is 11.3 Å². The van der Waals surface area contributed by atoms with E-state index in [-0.39, 0.29) is 12.0 Å². The number of rotatable bonds is 4. The van der Waals surface area contributed by atoms with Crippen LogP contribution in [0.4, 0.5) is 0 Å². The minimum Gasteiger partial charge on any atom is -0.429 e. The van der Waals surface area contributed by atoms with E-state index in [1.807, 2.05) is 6.07 Å². The Labute approximate surface area is 123 Å². The summed E-state index contributed by atoms with van der Waals surface area (Å²) in [6.45, 7) is 8.51. The van der Waals surface area contributed by atoms with Gasteiger partial charge in [-0.1, -0.05) is 56.3 Å². The summed E-state index contributed by atoms with van der Waals surface area (Å²) in [5, 5.41) is 17.8. The molecule has 0 bridgehead atoms. The number of benzene rings is 1. The van der Waals surface area contributed by atoms with Crippen LogP contribution in [0, 0.1) is 0 Å². The summed E-state index contributed by atoms with van der Waals surface area (Å²) in [6, 6.07) is 6.24. The number of hydrogen-bond acceptors (Lipinski definition) is 5. The third-order valence-corrected chi connectivity index (χ3v) is 3.83. The van der Waals surface area contributed by atoms with Gasteiger partial charge in [0.1, 0.15) is 10.8 Å². The summed E-state index contributed by atoms with van der Waals surface area (Å²) in [6.07, 6.45) is 0.997. The summed E-state index contributed by atoms with van der Waals surface area (Å²) in [7, 11) is 0. The third kappa shape index (κ3) is 3.35. The third-order valence-electron chi connectivity index (χ3n) is 3.04. The zero-order chi connectivity index (χ0) is 14.8. The fourth-order valence-corrected chi connectivity index (χ4v) is 2.47. The largest absolute Gasteiger partial charge is 0.429 e. The van der Waals surface area contributed by atoms with Gasteiger partial charge in [0, 0.05) is 5.56 Å². The van der Waals surface area contributed by atoms with Gasteiger partial charge >= 0.3 is 0 Å². The second-order valence-electron chi connectivity index (χ2n) is 5.66. The van der Waals surface area contributed by atoms with Gasteiger partial charge in [0.2, 0.25) is 0 Å². The van der Waals surface area contributed by atoms with Gasteiger partial charge in [-0.3, -0.25) is 0 Å². The van der Waals surface area contributed by atoms with Gasteiger partial charge in [-0.2, -0.15) is 0 Å². The maximum atomic E-state index is 9.02. The molecule has 1 N–H and O–H groups in total. The van der Waals surface area contributed by atoms with Crippen LogP contribution in [0.1, 0.15) is 43.8 Å². The zero-order valence-electron chi connectivity index (χ0n) is 12.3. The molecule has 0 aliphatic rings. The Morgan fingerprint density at radius 2 is 2.00 bits per heavy atom. The van der Waals surface area contributed by atoms with E-state index in [2.05, 4.69) is 50.0 Å². The van der Waals surface area contributed by atoms with Crippen LogP contribution in [-0.4, -0.2) is 15.3 Å². The second kappa shape index (κ2) is 5.89. The first-order chi connectivity index (χ1) is 9.44. The van der Waals surface area contributed by atoms with E-state index in [1.165, 1.54) is 16.9 Å². The first-order valence-corrected chi connectivity index (χ1v) is 7.50. The molecule has 2 aromatic rings. The van der Waals surface area contributed by atoms with E-state index >= 15 is 0 Å². The van der Waals surface area contributed by atoms with Crippen molar-refractivity contribution in [3.63, 3.8) is 0 Å². The van der Waals surface area contributed by atoms with E-state index < -0.39 is 0 Å². The summed E-state index contributed by atoms with van der Waals surface area (Å²) < 4.78 is 5.85. The lowest BCUT2D eigenvalue weighted by Crippen LogP contribution is -2.13. The molecule has 1 aromatic carbocycles. The lowest BCUT2D eigenvalue weighted by atomic mass is 9.85. The normalized spacial score (nSPS) is 11.7. The smallest absolute Gasteiger partial charge is 0.299 e. The van der Waals surface area contributed by atoms with Crippen molar-refractivity contribution in [3.8, 4) is 10.9 Å². The van der Waals surface area contributed by atoms with E-state index in [1.54, 1.807) is 0 Å². The maximum absolute atomic E-state index is 9.02. The number of aromatic nitrogens is 2. The van der Waals surface area contributed by atoms with Crippen LogP contribution in [0.2, 0.25) is 0 Å². The molecule has 0 unspecified atom stereocenters. The highest BCUT2D eigenvalue weighted by molar-refractivity contribution is 7.13. The Morgan fingerprint density at radius 3 is 2.55 bits per heavy atom. The lowest BCUT2D eigenvalue weighted by molar-refractivity contribution is 0.280. The zero-order valence-corrected chi connectivity index (χ0v) is 13.1. The van der Waals surface area contributed by atoms with E-state index in [9.17, 15) is 0 Å². The number of aryl methyl sites for hydroxylation is 1. The van der Waals surface area contributed by atoms with Gasteiger partial charge in [0.25, 0.3) is 5.19 Å². The molecule has 5 heteroatoms. The van der Waals surface area contributed by atoms with E-state index in [4.69, 9.17) is 9.84 Å². The van der Waals surface area contributed by atoms with Gasteiger partial charge in [-0.25, -0.2) is 0 Å². The van der Waals surface area contributed by atoms with Crippen molar-refractivity contribution in [2.45, 2.75) is 46.1 Å². The van der Waals surface area contributed by atoms with Gasteiger partial charge in [0.05, 0.1) is 6.61 Å². The molecule has 0 aliphatic carbocycles. The highest BCUT2D eigenvalue weighted by atomic mass is 32.1. The predicted molar refractivity (Wildman–Crippen MR) is 80.4 cm³/mol. The minimum absolute atomic E-state index is 0.00892. The number of nitrogens with zero attached hydrogens (tertiary/aromatic N) is 2. The summed E-state index contributed by atoms with van der Waals surface area (Å²) in [5.74, 6) is 0.801. The van der Waals surface area contributed by atoms with Crippen LogP contribution in [-0.2, 0) is 18.4 Å². The van der Waals surface area contributed by atoms with Crippen LogP contribution in [0.15, 0.2) is 18.2 Å². The average molecular weight is 292 g/mol. The van der Waals surface area contributed by atoms with Crippen molar-refractivity contribution in [2.75, 3.05) is 0 Å². The molecular formula is C15H20N2O2S. The molecule has 4 nitrogen and oxygen atoms in total. The minimum atomic E-state index is -0.109. The Hall–Kier alpha value is -1.46. The summed E-state index contributed by atoms with van der Waals surface area (Å²) in [5.41, 5.74) is 2.43. The van der Waals surface area contributed by atoms with E-state index in [0.29, 0.717) is 10.2 Å². The quantitative estimate of drug-likeness (QED) is 0.934. The summed E-state index contributed by atoms with van der Waals surface area (Å²) in [4.78, 5) is 0. The first-order valence-electron chi connectivity index (χ1n) is 6.68. The molecule has 0 spiro atoms. The van der Waals surface area contributed by atoms with Crippen molar-refractivity contribution in [3.05, 3.63) is 34.3 Å². The van der Waals surface area contributed by atoms with Crippen molar-refractivity contribution in [1.29, 1.82) is 0 Å². The summed E-state index contributed by atoms with van der Waals surface area (Å²) >= 11 is 1.26. The molecule has 0 amide bonds. The Balaban J connectivity index is 2.35. The number of ether oxygens (including phenoxy) is 1. The van der Waals surface area contributed by atoms with Gasteiger partial charge < -0.3 is 9.84 Å². The molecule has 0 fully saturated rings. The highest BCUT2D eigenvalue weighted by Crippen LogP contribution is 2.35. The van der Waals surface area contributed by atoms with E-state index in [0.717, 1.165) is 17.7 Å². The van der Waals surface area contributed by atoms with Crippen molar-refractivity contribution < 1.29 is 9.84 Å². The Kier molecular flexibility index (Phi) is 4.40. The molecule has 0 aliphatic heterocycles. The topological polar surface area (TPSA) is 55.2 Å². The van der Waals surface area contributed by atoms with Crippen LogP contribution in [0.5, 0.6) is 10.9 Å². The highest BCUT2D eigenvalue weighted by Gasteiger charge is 2.20. The van der Waals surface area contributed by atoms with Crippen LogP contribution in [0.3, 0.4) is 0 Å². The van der Waals surface area contributed by atoms with Gasteiger partial charge in [-0.15, -0.1) is 5.10 Å². The first kappa shape index (κ1) is 14.9. The fourth-order valence-electron chi connectivity index (χ4n) is 1.91. The van der Waals surface area contributed by atoms with Gasteiger partial charge in [-0.05, 0) is 23.5 Å². The number of aliphatic hydroxyl groups excluding tert-OH is 1. The van der Waals surface area contributed by atoms with Crippen molar-refractivity contribution in [2.24, 2.45) is 0 Å². The number of hydrogen-bond donors (Lipinski definition) is 1. The Morgan fingerprint density at radius 1 is 1.25 bits per heavy atom. The fraction of sp³-hybridized carbons (Fsp3) is 0.467. The van der Waals surface area contributed by atoms with Crippen LogP contribution < -0.4 is 4.74 Å². The second-order valence-corrected chi connectivity index (χ2v) is 6.68. The standard InChI is InChI=1S/C15H20N2O2S/c1-5-10-6-7-12(11(8-10)15(2,3)4)19-14-17-16-13(9-18)20-14/h6-8,18H,5,9H2,1-4H3. The lowest BCUT2D eigenvalue weighted by Gasteiger charge is -2.22. The predicted octanol–water partition coefficient (Wildman–Crippen LogP) is 3.68. The average Bonchev–Trinajstić information content (AvgIpc) is 2.85. The molecule has 20 heavy (non-hydrogen) atoms. The monoisotopic (exact) mass is 292 g/mol. The molecule has 1 aromatic heterocycles. The van der Waals surface area contributed by atoms with Gasteiger partial charge in [0.15, 0.2) is 0 Å². The molecule has 0 radical (unpaired) electrons. The Bertz CT molecular complexity index is 588. The van der Waals surface area contributed by atoms with Crippen molar-refractivity contribution in [1.82, 2.24) is 10.2 Å². The molecule has 0 saturated heterocycles. The number of aliphatic hydroxyl groups is 1. The SMILES string of the molecule is CCc1ccc(Oc2nnc(CO)s2)c(C(C)(C)C)c1. The molecule has 0 saturated carbocycles. The van der Waals surface area contributed by atoms with Crippen LogP contribution in [0.25, 0.3) is 0 Å². The van der Waals surface area contributed by atoms with Crippen molar-refractivity contribution >= 4 is 11.3 Å². The molecule has 1 heterocycles. The maximum Gasteiger partial charge on any atom is 0.299 e. The molecular weight excluding hydrogens is 272 g/mol.